The third-order valence-electron chi connectivity index (χ3n) is 4.76. The van der Waals surface area contributed by atoms with Crippen molar-refractivity contribution in [2.24, 2.45) is 4.99 Å². The van der Waals surface area contributed by atoms with Crippen molar-refractivity contribution in [1.29, 1.82) is 0 Å². The largest absolute Gasteiger partial charge is 0.382 e. The molecule has 0 saturated carbocycles. The summed E-state index contributed by atoms with van der Waals surface area (Å²) < 4.78 is 10.4. The number of rotatable bonds is 11. The van der Waals surface area contributed by atoms with Gasteiger partial charge in [0.1, 0.15) is 0 Å². The predicted octanol–water partition coefficient (Wildman–Crippen LogP) is 2.19. The van der Waals surface area contributed by atoms with Crippen molar-refractivity contribution in [3.05, 3.63) is 35.4 Å². The molecule has 7 nitrogen and oxygen atoms in total. The van der Waals surface area contributed by atoms with Crippen LogP contribution in [0.15, 0.2) is 29.3 Å². The maximum absolute atomic E-state index is 12.5. The number of benzene rings is 1. The number of fused-ring (bicyclic) bond motifs is 1. The molecular formula is C21H35IN4O3. The van der Waals surface area contributed by atoms with E-state index in [1.54, 1.807) is 14.2 Å². The minimum atomic E-state index is 0. The SMILES string of the molecule is CN=C(NCCCOCCOC)NCCCC(=O)N1CCc2ccccc2C1.I. The van der Waals surface area contributed by atoms with E-state index in [9.17, 15) is 4.79 Å². The van der Waals surface area contributed by atoms with Crippen molar-refractivity contribution in [1.82, 2.24) is 15.5 Å². The van der Waals surface area contributed by atoms with Crippen LogP contribution in [0.25, 0.3) is 0 Å². The van der Waals surface area contributed by atoms with E-state index in [-0.39, 0.29) is 29.9 Å². The fraction of sp³-hybridized carbons (Fsp3) is 0.619. The molecule has 0 aromatic heterocycles. The van der Waals surface area contributed by atoms with Crippen LogP contribution in [-0.4, -0.2) is 70.4 Å². The van der Waals surface area contributed by atoms with E-state index < -0.39 is 0 Å². The van der Waals surface area contributed by atoms with Gasteiger partial charge in [0.15, 0.2) is 5.96 Å². The Kier molecular flexibility index (Phi) is 13.7. The van der Waals surface area contributed by atoms with Crippen LogP contribution in [0.1, 0.15) is 30.4 Å². The van der Waals surface area contributed by atoms with E-state index in [4.69, 9.17) is 9.47 Å². The zero-order chi connectivity index (χ0) is 20.0. The van der Waals surface area contributed by atoms with Crippen LogP contribution in [0, 0.1) is 0 Å². The standard InChI is InChI=1S/C21H34N4O3.HI/c1-22-21(24-12-6-14-28-16-15-27-2)23-11-5-9-20(26)25-13-10-18-7-3-4-8-19(18)17-25;/h3-4,7-8H,5-6,9-17H2,1-2H3,(H2,22,23,24);1H. The van der Waals surface area contributed by atoms with Crippen LogP contribution in [0.3, 0.4) is 0 Å². The molecule has 0 atom stereocenters. The van der Waals surface area contributed by atoms with E-state index in [1.807, 2.05) is 11.0 Å². The van der Waals surface area contributed by atoms with E-state index >= 15 is 0 Å². The molecule has 1 aliphatic heterocycles. The number of carbonyl (C=O) groups excluding carboxylic acids is 1. The Hall–Kier alpha value is -1.39. The molecule has 1 aromatic rings. The maximum atomic E-state index is 12.5. The van der Waals surface area contributed by atoms with Gasteiger partial charge in [-0.3, -0.25) is 9.79 Å². The van der Waals surface area contributed by atoms with Gasteiger partial charge >= 0.3 is 0 Å². The van der Waals surface area contributed by atoms with E-state index in [0.29, 0.717) is 26.2 Å². The number of methoxy groups -OCH3 is 1. The Labute approximate surface area is 191 Å². The van der Waals surface area contributed by atoms with Crippen molar-refractivity contribution in [3.8, 4) is 0 Å². The van der Waals surface area contributed by atoms with Crippen molar-refractivity contribution in [2.45, 2.75) is 32.2 Å². The summed E-state index contributed by atoms with van der Waals surface area (Å²) in [5.41, 5.74) is 2.64. The number of nitrogens with one attached hydrogen (secondary N) is 2. The van der Waals surface area contributed by atoms with Crippen LogP contribution in [0.5, 0.6) is 0 Å². The number of ether oxygens (including phenoxy) is 2. The summed E-state index contributed by atoms with van der Waals surface area (Å²) in [7, 11) is 3.42. The average Bonchev–Trinajstić information content (AvgIpc) is 2.74. The number of carbonyl (C=O) groups is 1. The summed E-state index contributed by atoms with van der Waals surface area (Å²) in [5.74, 6) is 0.990. The Morgan fingerprint density at radius 3 is 2.55 bits per heavy atom. The monoisotopic (exact) mass is 518 g/mol. The molecule has 1 aromatic carbocycles. The summed E-state index contributed by atoms with van der Waals surface area (Å²) in [6.07, 6.45) is 3.20. The lowest BCUT2D eigenvalue weighted by Crippen LogP contribution is -2.39. The highest BCUT2D eigenvalue weighted by Crippen LogP contribution is 2.19. The van der Waals surface area contributed by atoms with Gasteiger partial charge in [-0.2, -0.15) is 0 Å². The number of amides is 1. The van der Waals surface area contributed by atoms with E-state index in [1.165, 1.54) is 11.1 Å². The van der Waals surface area contributed by atoms with Crippen molar-refractivity contribution >= 4 is 35.8 Å². The molecule has 0 fully saturated rings. The molecule has 2 N–H and O–H groups in total. The third kappa shape index (κ3) is 9.77. The number of hydrogen-bond acceptors (Lipinski definition) is 4. The molecule has 29 heavy (non-hydrogen) atoms. The van der Waals surface area contributed by atoms with Crippen molar-refractivity contribution < 1.29 is 14.3 Å². The molecule has 164 valence electrons. The zero-order valence-corrected chi connectivity index (χ0v) is 19.9. The van der Waals surface area contributed by atoms with Gasteiger partial charge in [-0.25, -0.2) is 0 Å². The molecule has 1 aliphatic rings. The minimum absolute atomic E-state index is 0. The Bertz CT molecular complexity index is 628. The maximum Gasteiger partial charge on any atom is 0.222 e. The number of nitrogens with zero attached hydrogens (tertiary/aromatic N) is 2. The van der Waals surface area contributed by atoms with Gasteiger partial charge in [0, 0.05) is 53.4 Å². The van der Waals surface area contributed by atoms with Gasteiger partial charge in [-0.1, -0.05) is 24.3 Å². The van der Waals surface area contributed by atoms with E-state index in [2.05, 4.69) is 33.8 Å². The fourth-order valence-corrected chi connectivity index (χ4v) is 3.16. The molecule has 0 aliphatic carbocycles. The van der Waals surface area contributed by atoms with Gasteiger partial charge in [-0.05, 0) is 30.4 Å². The fourth-order valence-electron chi connectivity index (χ4n) is 3.16. The quantitative estimate of drug-likeness (QED) is 0.203. The number of hydrogen-bond donors (Lipinski definition) is 2. The molecule has 0 unspecified atom stereocenters. The first kappa shape index (κ1) is 25.6. The average molecular weight is 518 g/mol. The van der Waals surface area contributed by atoms with E-state index in [0.717, 1.165) is 51.4 Å². The lowest BCUT2D eigenvalue weighted by Gasteiger charge is -2.29. The van der Waals surface area contributed by atoms with Crippen LogP contribution < -0.4 is 10.6 Å². The first-order valence-electron chi connectivity index (χ1n) is 10.1. The number of halogens is 1. The molecule has 0 saturated heterocycles. The van der Waals surface area contributed by atoms with Crippen LogP contribution in [0.2, 0.25) is 0 Å². The van der Waals surface area contributed by atoms with Crippen LogP contribution >= 0.6 is 24.0 Å². The highest BCUT2D eigenvalue weighted by Gasteiger charge is 2.19. The molecule has 8 heteroatoms. The molecule has 1 amide bonds. The number of aliphatic imine (C=N–C) groups is 1. The third-order valence-corrected chi connectivity index (χ3v) is 4.76. The molecular weight excluding hydrogens is 483 g/mol. The van der Waals surface area contributed by atoms with Gasteiger partial charge in [0.25, 0.3) is 0 Å². The highest BCUT2D eigenvalue weighted by molar-refractivity contribution is 14.0. The molecule has 1 heterocycles. The topological polar surface area (TPSA) is 75.2 Å². The summed E-state index contributed by atoms with van der Waals surface area (Å²) in [4.78, 5) is 18.6. The first-order valence-corrected chi connectivity index (χ1v) is 10.1. The second-order valence-electron chi connectivity index (χ2n) is 6.82. The van der Waals surface area contributed by atoms with Crippen molar-refractivity contribution in [2.75, 3.05) is 53.6 Å². The van der Waals surface area contributed by atoms with Crippen LogP contribution in [-0.2, 0) is 27.2 Å². The van der Waals surface area contributed by atoms with Crippen molar-refractivity contribution in [3.63, 3.8) is 0 Å². The van der Waals surface area contributed by atoms with Gasteiger partial charge in [0.2, 0.25) is 5.91 Å². The second-order valence-corrected chi connectivity index (χ2v) is 6.82. The lowest BCUT2D eigenvalue weighted by atomic mass is 9.99. The van der Waals surface area contributed by atoms with Gasteiger partial charge < -0.3 is 25.0 Å². The Morgan fingerprint density at radius 2 is 1.83 bits per heavy atom. The summed E-state index contributed by atoms with van der Waals surface area (Å²) in [6.45, 7) is 5.01. The van der Waals surface area contributed by atoms with Crippen LogP contribution in [0.4, 0.5) is 0 Å². The Balaban J connectivity index is 0.00000420. The zero-order valence-electron chi connectivity index (χ0n) is 17.6. The molecule has 0 bridgehead atoms. The summed E-state index contributed by atoms with van der Waals surface area (Å²) >= 11 is 0. The normalized spacial score (nSPS) is 13.4. The Morgan fingerprint density at radius 1 is 1.10 bits per heavy atom. The lowest BCUT2D eigenvalue weighted by molar-refractivity contribution is -0.132. The van der Waals surface area contributed by atoms with Gasteiger partial charge in [0.05, 0.1) is 13.2 Å². The number of guanidine groups is 1. The second kappa shape index (κ2) is 15.4. The predicted molar refractivity (Wildman–Crippen MR) is 127 cm³/mol. The minimum Gasteiger partial charge on any atom is -0.382 e. The summed E-state index contributed by atoms with van der Waals surface area (Å²) in [5, 5.41) is 6.52. The highest BCUT2D eigenvalue weighted by atomic mass is 127. The van der Waals surface area contributed by atoms with Gasteiger partial charge in [-0.15, -0.1) is 24.0 Å². The first-order chi connectivity index (χ1) is 13.7. The molecule has 0 radical (unpaired) electrons. The summed E-state index contributed by atoms with van der Waals surface area (Å²) in [6, 6.07) is 8.39. The molecule has 0 spiro atoms. The molecule has 2 rings (SSSR count). The smallest absolute Gasteiger partial charge is 0.222 e.